The minimum Gasteiger partial charge on any atom is -0.444 e. The lowest BCUT2D eigenvalue weighted by molar-refractivity contribution is 0.0275. The first-order chi connectivity index (χ1) is 7.98. The van der Waals surface area contributed by atoms with Crippen LogP contribution in [0, 0.1) is 5.92 Å². The highest BCUT2D eigenvalue weighted by Crippen LogP contribution is 2.22. The molecule has 1 saturated heterocycles. The van der Waals surface area contributed by atoms with E-state index in [-0.39, 0.29) is 12.5 Å². The smallest absolute Gasteiger partial charge is 0.410 e. The number of nitrogens with zero attached hydrogens (tertiary/aromatic N) is 1. The quantitative estimate of drug-likeness (QED) is 0.711. The number of likely N-dealkylation sites (tertiary alicyclic amines) is 1. The van der Waals surface area contributed by atoms with E-state index in [1.807, 2.05) is 6.92 Å². The van der Waals surface area contributed by atoms with Crippen LogP contribution in [0.4, 0.5) is 4.79 Å². The van der Waals surface area contributed by atoms with E-state index in [1.54, 1.807) is 20.8 Å². The summed E-state index contributed by atoms with van der Waals surface area (Å²) in [5.74, 6) is -0.0350. The second-order valence-corrected chi connectivity index (χ2v) is 7.30. The fourth-order valence-electron chi connectivity index (χ4n) is 1.76. The molecule has 0 aliphatic carbocycles. The van der Waals surface area contributed by atoms with Crippen molar-refractivity contribution in [2.75, 3.05) is 19.3 Å². The van der Waals surface area contributed by atoms with Gasteiger partial charge in [-0.15, -0.1) is 0 Å². The molecule has 1 fully saturated rings. The molecule has 1 aliphatic heterocycles. The van der Waals surface area contributed by atoms with Crippen molar-refractivity contribution in [3.63, 3.8) is 0 Å². The predicted molar refractivity (Wildman–Crippen MR) is 66.7 cm³/mol. The Bertz CT molecular complexity index is 412. The summed E-state index contributed by atoms with van der Waals surface area (Å²) in [5, 5.41) is 0. The molecule has 6 nitrogen and oxygen atoms in total. The van der Waals surface area contributed by atoms with Crippen LogP contribution in [0.25, 0.3) is 0 Å². The van der Waals surface area contributed by atoms with Crippen LogP contribution in [0.5, 0.6) is 0 Å². The third-order valence-electron chi connectivity index (χ3n) is 2.49. The first-order valence-electron chi connectivity index (χ1n) is 5.84. The third kappa shape index (κ3) is 4.81. The van der Waals surface area contributed by atoms with Crippen molar-refractivity contribution >= 4 is 16.2 Å². The summed E-state index contributed by atoms with van der Waals surface area (Å²) in [6, 6.07) is 0. The van der Waals surface area contributed by atoms with Gasteiger partial charge in [-0.2, -0.15) is 8.42 Å². The van der Waals surface area contributed by atoms with Gasteiger partial charge in [-0.25, -0.2) is 4.79 Å². The number of rotatable bonds is 2. The molecule has 0 aromatic carbocycles. The maximum atomic E-state index is 11.8. The summed E-state index contributed by atoms with van der Waals surface area (Å²) in [7, 11) is -3.50. The van der Waals surface area contributed by atoms with Crippen LogP contribution in [0.3, 0.4) is 0 Å². The molecule has 7 heteroatoms. The van der Waals surface area contributed by atoms with E-state index in [1.165, 1.54) is 4.90 Å². The molecule has 1 aliphatic rings. The van der Waals surface area contributed by atoms with E-state index >= 15 is 0 Å². The number of hydrogen-bond acceptors (Lipinski definition) is 5. The van der Waals surface area contributed by atoms with Gasteiger partial charge in [0, 0.05) is 12.5 Å². The minimum absolute atomic E-state index is 0.0350. The maximum absolute atomic E-state index is 11.8. The molecule has 0 bridgehead atoms. The zero-order chi connectivity index (χ0) is 14.1. The number of ether oxygens (including phenoxy) is 1. The summed E-state index contributed by atoms with van der Waals surface area (Å²) >= 11 is 0. The highest BCUT2D eigenvalue weighted by atomic mass is 32.2. The highest BCUT2D eigenvalue weighted by Gasteiger charge is 2.37. The average Bonchev–Trinajstić information content (AvgIpc) is 2.42. The summed E-state index contributed by atoms with van der Waals surface area (Å²) < 4.78 is 32.3. The van der Waals surface area contributed by atoms with Crippen molar-refractivity contribution in [2.45, 2.75) is 39.4 Å². The predicted octanol–water partition coefficient (Wildman–Crippen LogP) is 1.22. The molecule has 0 aromatic heterocycles. The second kappa shape index (κ2) is 5.05. The number of carbonyl (C=O) groups is 1. The molecule has 18 heavy (non-hydrogen) atoms. The molecule has 0 spiro atoms. The zero-order valence-corrected chi connectivity index (χ0v) is 12.3. The SMILES string of the molecule is CC1CN(C(=O)OC(C)(C)C)CC1OS(C)(=O)=O. The van der Waals surface area contributed by atoms with Crippen LogP contribution in [-0.2, 0) is 19.0 Å². The normalized spacial score (nSPS) is 25.3. The van der Waals surface area contributed by atoms with Gasteiger partial charge in [0.1, 0.15) is 5.60 Å². The molecule has 106 valence electrons. The lowest BCUT2D eigenvalue weighted by atomic mass is 10.1. The van der Waals surface area contributed by atoms with E-state index in [0.29, 0.717) is 6.54 Å². The number of amides is 1. The van der Waals surface area contributed by atoms with E-state index < -0.39 is 27.9 Å². The molecule has 0 saturated carbocycles. The molecule has 0 radical (unpaired) electrons. The Labute approximate surface area is 108 Å². The molecule has 0 N–H and O–H groups in total. The van der Waals surface area contributed by atoms with Crippen molar-refractivity contribution < 1.29 is 22.1 Å². The number of carbonyl (C=O) groups excluding carboxylic acids is 1. The van der Waals surface area contributed by atoms with Crippen molar-refractivity contribution in [3.8, 4) is 0 Å². The van der Waals surface area contributed by atoms with Crippen LogP contribution in [0.1, 0.15) is 27.7 Å². The average molecular weight is 279 g/mol. The summed E-state index contributed by atoms with van der Waals surface area (Å²) in [4.78, 5) is 13.3. The van der Waals surface area contributed by atoms with E-state index in [4.69, 9.17) is 8.92 Å². The molecule has 0 aromatic rings. The first kappa shape index (κ1) is 15.2. The Morgan fingerprint density at radius 3 is 2.28 bits per heavy atom. The van der Waals surface area contributed by atoms with Crippen LogP contribution in [0.2, 0.25) is 0 Å². The van der Waals surface area contributed by atoms with Gasteiger partial charge in [-0.1, -0.05) is 6.92 Å². The summed E-state index contributed by atoms with van der Waals surface area (Å²) in [6.45, 7) is 7.89. The summed E-state index contributed by atoms with van der Waals surface area (Å²) in [5.41, 5.74) is -0.559. The number of hydrogen-bond donors (Lipinski definition) is 0. The van der Waals surface area contributed by atoms with Gasteiger partial charge >= 0.3 is 6.09 Å². The second-order valence-electron chi connectivity index (χ2n) is 5.70. The molecule has 1 amide bonds. The van der Waals surface area contributed by atoms with Gasteiger partial charge in [0.05, 0.1) is 18.9 Å². The fraction of sp³-hybridized carbons (Fsp3) is 0.909. The molecule has 1 rings (SSSR count). The Morgan fingerprint density at radius 1 is 1.28 bits per heavy atom. The minimum atomic E-state index is -3.50. The maximum Gasteiger partial charge on any atom is 0.410 e. The van der Waals surface area contributed by atoms with Gasteiger partial charge in [0.25, 0.3) is 10.1 Å². The Morgan fingerprint density at radius 2 is 1.83 bits per heavy atom. The van der Waals surface area contributed by atoms with Crippen LogP contribution in [0.15, 0.2) is 0 Å². The summed E-state index contributed by atoms with van der Waals surface area (Å²) in [6.07, 6.45) is 0.0806. The Kier molecular flexibility index (Phi) is 4.27. The van der Waals surface area contributed by atoms with E-state index in [0.717, 1.165) is 6.26 Å². The Balaban J connectivity index is 2.61. The van der Waals surface area contributed by atoms with Gasteiger partial charge < -0.3 is 9.64 Å². The fourth-order valence-corrected chi connectivity index (χ4v) is 2.46. The van der Waals surface area contributed by atoms with Crippen molar-refractivity contribution in [1.29, 1.82) is 0 Å². The van der Waals surface area contributed by atoms with E-state index in [9.17, 15) is 13.2 Å². The molecular formula is C11H21NO5S. The van der Waals surface area contributed by atoms with E-state index in [2.05, 4.69) is 0 Å². The van der Waals surface area contributed by atoms with Crippen molar-refractivity contribution in [3.05, 3.63) is 0 Å². The first-order valence-corrected chi connectivity index (χ1v) is 7.66. The van der Waals surface area contributed by atoms with Crippen molar-refractivity contribution in [1.82, 2.24) is 4.90 Å². The van der Waals surface area contributed by atoms with Crippen molar-refractivity contribution in [2.24, 2.45) is 5.92 Å². The highest BCUT2D eigenvalue weighted by molar-refractivity contribution is 7.86. The lowest BCUT2D eigenvalue weighted by Crippen LogP contribution is -2.36. The lowest BCUT2D eigenvalue weighted by Gasteiger charge is -2.24. The molecular weight excluding hydrogens is 258 g/mol. The molecule has 2 unspecified atom stereocenters. The monoisotopic (exact) mass is 279 g/mol. The van der Waals surface area contributed by atoms with Crippen LogP contribution >= 0.6 is 0 Å². The van der Waals surface area contributed by atoms with Crippen LogP contribution < -0.4 is 0 Å². The van der Waals surface area contributed by atoms with Gasteiger partial charge in [0.2, 0.25) is 0 Å². The van der Waals surface area contributed by atoms with Gasteiger partial charge in [-0.3, -0.25) is 4.18 Å². The third-order valence-corrected chi connectivity index (χ3v) is 3.09. The van der Waals surface area contributed by atoms with Gasteiger partial charge in [-0.05, 0) is 20.8 Å². The molecule has 1 heterocycles. The largest absolute Gasteiger partial charge is 0.444 e. The zero-order valence-electron chi connectivity index (χ0n) is 11.5. The van der Waals surface area contributed by atoms with Crippen LogP contribution in [-0.4, -0.2) is 50.5 Å². The molecule has 2 atom stereocenters. The standard InChI is InChI=1S/C11H21NO5S/c1-8-6-12(10(13)16-11(2,3)4)7-9(8)17-18(5,14)15/h8-9H,6-7H2,1-5H3. The topological polar surface area (TPSA) is 72.9 Å². The van der Waals surface area contributed by atoms with Gasteiger partial charge in [0.15, 0.2) is 0 Å². The Hall–Kier alpha value is -0.820.